The Morgan fingerprint density at radius 2 is 1.90 bits per heavy atom. The summed E-state index contributed by atoms with van der Waals surface area (Å²) in [6, 6.07) is 8.96. The molecule has 0 bridgehead atoms. The summed E-state index contributed by atoms with van der Waals surface area (Å²) in [5.74, 6) is -2.73. The minimum Gasteiger partial charge on any atom is -0.348 e. The molecule has 0 saturated carbocycles. The highest BCUT2D eigenvalue weighted by Gasteiger charge is 2.25. The molecule has 0 atom stereocenters. The second kappa shape index (κ2) is 10.6. The third-order valence-corrected chi connectivity index (χ3v) is 6.87. The molecule has 0 spiro atoms. The second-order valence-corrected chi connectivity index (χ2v) is 9.44. The van der Waals surface area contributed by atoms with Crippen LogP contribution < -0.4 is 16.2 Å². The maximum atomic E-state index is 13.6. The van der Waals surface area contributed by atoms with E-state index in [-0.39, 0.29) is 24.6 Å². The summed E-state index contributed by atoms with van der Waals surface area (Å²) in [6.07, 6.45) is 6.85. The van der Waals surface area contributed by atoms with Crippen LogP contribution in [0.3, 0.4) is 0 Å². The fourth-order valence-electron chi connectivity index (χ4n) is 4.56. The molecule has 2 aromatic heterocycles. The number of H-pyrrole nitrogens is 1. The Labute approximate surface area is 227 Å². The number of nitrogens with zero attached hydrogens (tertiary/aromatic N) is 3. The smallest absolute Gasteiger partial charge is 0.280 e. The molecule has 9 nitrogen and oxygen atoms in total. The highest BCUT2D eigenvalue weighted by atomic mass is 19.2. The summed E-state index contributed by atoms with van der Waals surface area (Å²) in [5.41, 5.74) is 4.63. The summed E-state index contributed by atoms with van der Waals surface area (Å²) in [5, 5.41) is 5.58. The van der Waals surface area contributed by atoms with Crippen molar-refractivity contribution in [1.82, 2.24) is 24.6 Å². The van der Waals surface area contributed by atoms with Crippen molar-refractivity contribution in [2.45, 2.75) is 20.4 Å². The van der Waals surface area contributed by atoms with Gasteiger partial charge in [-0.05, 0) is 49.2 Å². The van der Waals surface area contributed by atoms with Gasteiger partial charge >= 0.3 is 0 Å². The first-order chi connectivity index (χ1) is 19.1. The number of hydrogen-bond donors (Lipinski definition) is 3. The molecular formula is C29H26F2N6O3. The largest absolute Gasteiger partial charge is 0.348 e. The van der Waals surface area contributed by atoms with Crippen LogP contribution in [0.25, 0.3) is 17.7 Å². The summed E-state index contributed by atoms with van der Waals surface area (Å²) < 4.78 is 29.7. The van der Waals surface area contributed by atoms with Gasteiger partial charge in [0.2, 0.25) is 0 Å². The van der Waals surface area contributed by atoms with Crippen LogP contribution in [0.15, 0.2) is 53.6 Å². The van der Waals surface area contributed by atoms with E-state index in [4.69, 9.17) is 0 Å². The lowest BCUT2D eigenvalue weighted by atomic mass is 10.0. The molecule has 1 aliphatic heterocycles. The van der Waals surface area contributed by atoms with Gasteiger partial charge in [-0.2, -0.15) is 0 Å². The van der Waals surface area contributed by atoms with E-state index >= 15 is 0 Å². The third-order valence-electron chi connectivity index (χ3n) is 6.87. The van der Waals surface area contributed by atoms with Crippen LogP contribution in [0, 0.1) is 25.5 Å². The molecule has 3 N–H and O–H groups in total. The number of aromatic nitrogens is 4. The molecule has 11 heteroatoms. The topological polar surface area (TPSA) is 114 Å². The lowest BCUT2D eigenvalue weighted by molar-refractivity contribution is -0.110. The van der Waals surface area contributed by atoms with Crippen LogP contribution in [0.5, 0.6) is 0 Å². The van der Waals surface area contributed by atoms with Gasteiger partial charge in [-0.15, -0.1) is 0 Å². The Bertz CT molecular complexity index is 1780. The zero-order valence-corrected chi connectivity index (χ0v) is 22.0. The van der Waals surface area contributed by atoms with Crippen molar-refractivity contribution in [1.29, 1.82) is 0 Å². The zero-order chi connectivity index (χ0) is 28.6. The number of aryl methyl sites for hydroxylation is 1. The summed E-state index contributed by atoms with van der Waals surface area (Å²) in [7, 11) is 1.62. The maximum Gasteiger partial charge on any atom is 0.280 e. The number of rotatable bonds is 7. The summed E-state index contributed by atoms with van der Waals surface area (Å²) in [6.45, 7) is 3.66. The first kappa shape index (κ1) is 26.5. The van der Waals surface area contributed by atoms with E-state index in [1.165, 1.54) is 15.4 Å². The minimum absolute atomic E-state index is 0.0202. The van der Waals surface area contributed by atoms with Gasteiger partial charge in [0.15, 0.2) is 11.6 Å². The normalized spacial score (nSPS) is 13.7. The molecule has 0 radical (unpaired) electrons. The number of hydrogen-bond acceptors (Lipinski definition) is 4. The molecule has 0 fully saturated rings. The van der Waals surface area contributed by atoms with E-state index in [0.717, 1.165) is 29.0 Å². The van der Waals surface area contributed by atoms with Gasteiger partial charge in [0.25, 0.3) is 17.4 Å². The molecule has 1 aliphatic rings. The average molecular weight is 545 g/mol. The standard InChI is InChI=1S/C29H26F2N6O3/c1-16-24(34-15-33-16)13-21-20-8-6-18(12-25(20)35-27(21)38)5-4-10-32-28(39)26-17(2)36(3)37(29(26)40)14-19-7-9-22(30)23(31)11-19/h4-9,11-13,15H,10,14H2,1-3H3,(H,32,39)(H,33,34)(H,35,38)/b5-4+,21-13?. The van der Waals surface area contributed by atoms with Crippen molar-refractivity contribution in [3.8, 4) is 0 Å². The molecule has 5 rings (SSSR count). The van der Waals surface area contributed by atoms with Crippen LogP contribution in [0.4, 0.5) is 14.5 Å². The number of carbonyl (C=O) groups excluding carboxylic acids is 2. The van der Waals surface area contributed by atoms with Crippen LogP contribution in [-0.2, 0) is 18.4 Å². The lowest BCUT2D eigenvalue weighted by Gasteiger charge is -2.08. The summed E-state index contributed by atoms with van der Waals surface area (Å²) in [4.78, 5) is 45.6. The number of fused-ring (bicyclic) bond motifs is 1. The van der Waals surface area contributed by atoms with Crippen molar-refractivity contribution in [3.05, 3.63) is 110 Å². The van der Waals surface area contributed by atoms with E-state index in [1.54, 1.807) is 38.5 Å². The van der Waals surface area contributed by atoms with Crippen LogP contribution >= 0.6 is 0 Å². The third kappa shape index (κ3) is 5.00. The highest BCUT2D eigenvalue weighted by molar-refractivity contribution is 6.34. The number of amides is 2. The molecular weight excluding hydrogens is 518 g/mol. The predicted molar refractivity (Wildman–Crippen MR) is 148 cm³/mol. The average Bonchev–Trinajstić information content (AvgIpc) is 3.53. The molecule has 2 aromatic carbocycles. The van der Waals surface area contributed by atoms with Crippen molar-refractivity contribution in [3.63, 3.8) is 0 Å². The Morgan fingerprint density at radius 3 is 2.62 bits per heavy atom. The van der Waals surface area contributed by atoms with Gasteiger partial charge < -0.3 is 15.6 Å². The Morgan fingerprint density at radius 1 is 1.10 bits per heavy atom. The van der Waals surface area contributed by atoms with E-state index in [0.29, 0.717) is 28.2 Å². The first-order valence-electron chi connectivity index (χ1n) is 12.5. The Kier molecular flexibility index (Phi) is 7.03. The summed E-state index contributed by atoms with van der Waals surface area (Å²) >= 11 is 0. The van der Waals surface area contributed by atoms with Crippen LogP contribution in [0.2, 0.25) is 0 Å². The monoisotopic (exact) mass is 544 g/mol. The van der Waals surface area contributed by atoms with Crippen LogP contribution in [-0.4, -0.2) is 37.7 Å². The zero-order valence-electron chi connectivity index (χ0n) is 22.0. The molecule has 0 saturated heterocycles. The van der Waals surface area contributed by atoms with E-state index in [9.17, 15) is 23.2 Å². The van der Waals surface area contributed by atoms with Gasteiger partial charge in [0, 0.05) is 36.2 Å². The first-order valence-corrected chi connectivity index (χ1v) is 12.5. The maximum absolute atomic E-state index is 13.6. The number of halogens is 2. The van der Waals surface area contributed by atoms with Gasteiger partial charge in [0.05, 0.1) is 24.1 Å². The van der Waals surface area contributed by atoms with E-state index < -0.39 is 23.1 Å². The molecule has 2 amide bonds. The molecule has 40 heavy (non-hydrogen) atoms. The Hall–Kier alpha value is -5.06. The number of aromatic amines is 1. The fourth-order valence-corrected chi connectivity index (χ4v) is 4.56. The number of anilines is 1. The molecule has 0 unspecified atom stereocenters. The van der Waals surface area contributed by atoms with E-state index in [1.807, 2.05) is 25.1 Å². The van der Waals surface area contributed by atoms with Gasteiger partial charge in [-0.25, -0.2) is 18.4 Å². The SMILES string of the molecule is Cc1[nH]cnc1C=C1C(=O)Nc2cc(/C=C/CNC(=O)c3c(C)n(C)n(Cc4ccc(F)c(F)c4)c3=O)ccc21. The van der Waals surface area contributed by atoms with E-state index in [2.05, 4.69) is 20.6 Å². The quantitative estimate of drug-likeness (QED) is 0.307. The van der Waals surface area contributed by atoms with Crippen molar-refractivity contribution < 1.29 is 18.4 Å². The second-order valence-electron chi connectivity index (χ2n) is 9.44. The fraction of sp³-hybridized carbons (Fsp3) is 0.172. The number of nitrogens with one attached hydrogen (secondary N) is 3. The minimum atomic E-state index is -1.01. The lowest BCUT2D eigenvalue weighted by Crippen LogP contribution is -2.31. The number of benzene rings is 2. The highest BCUT2D eigenvalue weighted by Crippen LogP contribution is 2.34. The van der Waals surface area contributed by atoms with Crippen LogP contribution in [0.1, 0.15) is 44.1 Å². The van der Waals surface area contributed by atoms with Crippen molar-refractivity contribution in [2.24, 2.45) is 7.05 Å². The molecule has 204 valence electrons. The number of imidazole rings is 1. The molecule has 0 aliphatic carbocycles. The predicted octanol–water partition coefficient (Wildman–Crippen LogP) is 3.79. The van der Waals surface area contributed by atoms with Gasteiger partial charge in [-0.3, -0.25) is 19.1 Å². The van der Waals surface area contributed by atoms with Gasteiger partial charge in [-0.1, -0.05) is 30.4 Å². The number of carbonyl (C=O) groups is 2. The van der Waals surface area contributed by atoms with Gasteiger partial charge in [0.1, 0.15) is 5.56 Å². The van der Waals surface area contributed by atoms with Crippen molar-refractivity contribution >= 4 is 35.2 Å². The van der Waals surface area contributed by atoms with Crippen molar-refractivity contribution in [2.75, 3.05) is 11.9 Å². The Balaban J connectivity index is 1.26. The molecule has 3 heterocycles. The molecule has 4 aromatic rings.